The lowest BCUT2D eigenvalue weighted by atomic mass is 10.0. The summed E-state index contributed by atoms with van der Waals surface area (Å²) in [6.45, 7) is 4.34. The second kappa shape index (κ2) is 10.0. The number of para-hydroxylation sites is 1. The number of nitrogens with one attached hydrogen (secondary N) is 2. The van der Waals surface area contributed by atoms with Gasteiger partial charge in [-0.1, -0.05) is 44.2 Å². The highest BCUT2D eigenvalue weighted by atomic mass is 32.2. The smallest absolute Gasteiger partial charge is 0.319 e. The van der Waals surface area contributed by atoms with Gasteiger partial charge in [0.15, 0.2) is 0 Å². The number of carbonyl (C=O) groups is 2. The Hall–Kier alpha value is -2.47. The number of nitrogens with zero attached hydrogens (tertiary/aromatic N) is 1. The van der Waals surface area contributed by atoms with Crippen LogP contribution in [-0.4, -0.2) is 36.2 Å². The molecule has 2 aromatic rings. The molecule has 5 nitrogen and oxygen atoms in total. The zero-order valence-electron chi connectivity index (χ0n) is 16.2. The van der Waals surface area contributed by atoms with Gasteiger partial charge < -0.3 is 15.5 Å². The third-order valence-electron chi connectivity index (χ3n) is 4.21. The van der Waals surface area contributed by atoms with Gasteiger partial charge in [0, 0.05) is 24.2 Å². The van der Waals surface area contributed by atoms with Crippen LogP contribution in [0.2, 0.25) is 0 Å². The minimum Gasteiger partial charge on any atom is -0.340 e. The van der Waals surface area contributed by atoms with Crippen LogP contribution >= 0.6 is 11.8 Å². The molecule has 2 N–H and O–H groups in total. The summed E-state index contributed by atoms with van der Waals surface area (Å²) in [5, 5.41) is 5.57. The van der Waals surface area contributed by atoms with E-state index in [4.69, 9.17) is 0 Å². The number of thioether (sulfide) groups is 1. The van der Waals surface area contributed by atoms with Crippen molar-refractivity contribution in [3.8, 4) is 0 Å². The van der Waals surface area contributed by atoms with Gasteiger partial charge in [-0.25, -0.2) is 4.79 Å². The van der Waals surface area contributed by atoms with Gasteiger partial charge in [0.1, 0.15) is 6.04 Å². The van der Waals surface area contributed by atoms with E-state index in [0.29, 0.717) is 12.2 Å². The van der Waals surface area contributed by atoms with Gasteiger partial charge in [-0.3, -0.25) is 4.79 Å². The van der Waals surface area contributed by atoms with Gasteiger partial charge in [-0.05, 0) is 42.0 Å². The van der Waals surface area contributed by atoms with Crippen molar-refractivity contribution >= 4 is 29.4 Å². The first-order valence-corrected chi connectivity index (χ1v) is 10.1. The number of carbonyl (C=O) groups excluding carboxylic acids is 2. The third-order valence-corrected chi connectivity index (χ3v) is 4.95. The van der Waals surface area contributed by atoms with E-state index in [2.05, 4.69) is 10.6 Å². The predicted molar refractivity (Wildman–Crippen MR) is 112 cm³/mol. The third kappa shape index (κ3) is 6.32. The molecule has 2 rings (SSSR count). The van der Waals surface area contributed by atoms with Crippen LogP contribution in [0.4, 0.5) is 10.5 Å². The molecule has 0 spiro atoms. The zero-order chi connectivity index (χ0) is 19.8. The van der Waals surface area contributed by atoms with Gasteiger partial charge in [0.05, 0.1) is 0 Å². The van der Waals surface area contributed by atoms with E-state index in [9.17, 15) is 9.59 Å². The van der Waals surface area contributed by atoms with Crippen LogP contribution in [0.15, 0.2) is 59.5 Å². The van der Waals surface area contributed by atoms with E-state index in [1.807, 2.05) is 62.6 Å². The summed E-state index contributed by atoms with van der Waals surface area (Å²) in [5.74, 6) is -0.137. The van der Waals surface area contributed by atoms with Crippen LogP contribution < -0.4 is 10.6 Å². The molecule has 144 valence electrons. The summed E-state index contributed by atoms with van der Waals surface area (Å²) < 4.78 is 0. The molecular weight excluding hydrogens is 358 g/mol. The summed E-state index contributed by atoms with van der Waals surface area (Å²) in [5.41, 5.74) is 1.74. The van der Waals surface area contributed by atoms with Gasteiger partial charge >= 0.3 is 6.03 Å². The fraction of sp³-hybridized carbons (Fsp3) is 0.333. The van der Waals surface area contributed by atoms with Crippen molar-refractivity contribution in [3.05, 3.63) is 60.2 Å². The lowest BCUT2D eigenvalue weighted by Crippen LogP contribution is -2.51. The maximum Gasteiger partial charge on any atom is 0.319 e. The normalized spacial score (nSPS) is 11.7. The predicted octanol–water partition coefficient (Wildman–Crippen LogP) is 4.21. The lowest BCUT2D eigenvalue weighted by molar-refractivity contribution is -0.133. The highest BCUT2D eigenvalue weighted by Crippen LogP contribution is 2.16. The van der Waals surface area contributed by atoms with Gasteiger partial charge in [-0.2, -0.15) is 0 Å². The molecule has 0 saturated carbocycles. The van der Waals surface area contributed by atoms with Crippen LogP contribution in [0.1, 0.15) is 19.4 Å². The molecule has 0 unspecified atom stereocenters. The molecular formula is C21H27N3O2S. The summed E-state index contributed by atoms with van der Waals surface area (Å²) >= 11 is 1.68. The molecule has 0 fully saturated rings. The number of benzene rings is 2. The molecule has 2 aromatic carbocycles. The summed E-state index contributed by atoms with van der Waals surface area (Å²) in [6.07, 6.45) is 2.03. The number of anilines is 1. The second-order valence-corrected chi connectivity index (χ2v) is 7.61. The molecule has 27 heavy (non-hydrogen) atoms. The molecule has 0 aliphatic carbocycles. The number of urea groups is 1. The van der Waals surface area contributed by atoms with E-state index in [1.165, 1.54) is 4.90 Å². The van der Waals surface area contributed by atoms with Crippen molar-refractivity contribution in [2.24, 2.45) is 5.92 Å². The molecule has 0 bridgehead atoms. The molecule has 1 atom stereocenters. The quantitative estimate of drug-likeness (QED) is 0.702. The van der Waals surface area contributed by atoms with Crippen molar-refractivity contribution in [2.45, 2.75) is 31.3 Å². The first-order valence-electron chi connectivity index (χ1n) is 8.91. The van der Waals surface area contributed by atoms with E-state index < -0.39 is 6.04 Å². The summed E-state index contributed by atoms with van der Waals surface area (Å²) in [6, 6.07) is 16.3. The van der Waals surface area contributed by atoms with Gasteiger partial charge in [0.25, 0.3) is 0 Å². The first-order chi connectivity index (χ1) is 12.9. The number of likely N-dealkylation sites (N-methyl/N-ethyl adjacent to an activating group) is 1. The van der Waals surface area contributed by atoms with E-state index in [1.54, 1.807) is 35.8 Å². The Bertz CT molecular complexity index is 748. The average Bonchev–Trinajstić information content (AvgIpc) is 2.66. The largest absolute Gasteiger partial charge is 0.340 e. The summed E-state index contributed by atoms with van der Waals surface area (Å²) in [4.78, 5) is 28.0. The average molecular weight is 386 g/mol. The second-order valence-electron chi connectivity index (χ2n) is 6.73. The molecule has 0 aliphatic heterocycles. The number of hydrogen-bond donors (Lipinski definition) is 2. The van der Waals surface area contributed by atoms with Crippen LogP contribution in [0.25, 0.3) is 0 Å². The first kappa shape index (κ1) is 20.8. The fourth-order valence-corrected chi connectivity index (χ4v) is 3.07. The van der Waals surface area contributed by atoms with Crippen molar-refractivity contribution < 1.29 is 9.59 Å². The Labute approximate surface area is 165 Å². The maximum absolute atomic E-state index is 12.9. The topological polar surface area (TPSA) is 61.4 Å². The summed E-state index contributed by atoms with van der Waals surface area (Å²) in [7, 11) is 1.76. The van der Waals surface area contributed by atoms with Crippen LogP contribution in [0, 0.1) is 5.92 Å². The molecule has 0 heterocycles. The Balaban J connectivity index is 1.98. The van der Waals surface area contributed by atoms with Crippen molar-refractivity contribution in [3.63, 3.8) is 0 Å². The van der Waals surface area contributed by atoms with Crippen LogP contribution in [0.5, 0.6) is 0 Å². The van der Waals surface area contributed by atoms with E-state index >= 15 is 0 Å². The monoisotopic (exact) mass is 385 g/mol. The van der Waals surface area contributed by atoms with Crippen molar-refractivity contribution in [1.29, 1.82) is 0 Å². The van der Waals surface area contributed by atoms with Gasteiger partial charge in [-0.15, -0.1) is 11.8 Å². The Morgan fingerprint density at radius 3 is 2.22 bits per heavy atom. The van der Waals surface area contributed by atoms with Crippen molar-refractivity contribution in [1.82, 2.24) is 10.2 Å². The van der Waals surface area contributed by atoms with Crippen molar-refractivity contribution in [2.75, 3.05) is 18.6 Å². The molecule has 0 aromatic heterocycles. The molecule has 6 heteroatoms. The zero-order valence-corrected chi connectivity index (χ0v) is 17.0. The minimum atomic E-state index is -0.593. The van der Waals surface area contributed by atoms with Crippen LogP contribution in [-0.2, 0) is 11.3 Å². The van der Waals surface area contributed by atoms with E-state index in [0.717, 1.165) is 5.56 Å². The number of rotatable bonds is 7. The minimum absolute atomic E-state index is 0.0275. The fourth-order valence-electron chi connectivity index (χ4n) is 2.66. The van der Waals surface area contributed by atoms with E-state index in [-0.39, 0.29) is 17.9 Å². The Morgan fingerprint density at radius 1 is 1.04 bits per heavy atom. The Kier molecular flexibility index (Phi) is 7.73. The highest BCUT2D eigenvalue weighted by molar-refractivity contribution is 7.98. The molecule has 0 aliphatic rings. The Morgan fingerprint density at radius 2 is 1.67 bits per heavy atom. The number of hydrogen-bond acceptors (Lipinski definition) is 3. The van der Waals surface area contributed by atoms with Gasteiger partial charge in [0.2, 0.25) is 5.91 Å². The highest BCUT2D eigenvalue weighted by Gasteiger charge is 2.27. The lowest BCUT2D eigenvalue weighted by Gasteiger charge is -2.27. The van der Waals surface area contributed by atoms with Crippen LogP contribution in [0.3, 0.4) is 0 Å². The molecule has 0 saturated heterocycles. The maximum atomic E-state index is 12.9. The molecule has 3 amide bonds. The molecule has 0 radical (unpaired) electrons. The SMILES string of the molecule is CSc1ccc(CN(C)C(=O)[C@H](NC(=O)Nc2ccccc2)C(C)C)cc1. The number of amides is 3. The standard InChI is InChI=1S/C21H27N3O2S/c1-15(2)19(23-21(26)22-17-8-6-5-7-9-17)20(25)24(3)14-16-10-12-18(27-4)13-11-16/h5-13,15,19H,14H2,1-4H3,(H2,22,23,26)/t19-/m1/s1.